The molecule has 1 aliphatic heterocycles. The summed E-state index contributed by atoms with van der Waals surface area (Å²) in [5, 5.41) is 3.28. The molecule has 0 bridgehead atoms. The van der Waals surface area contributed by atoms with E-state index < -0.39 is 5.41 Å². The molecule has 0 saturated heterocycles. The molecule has 0 fully saturated rings. The van der Waals surface area contributed by atoms with Crippen molar-refractivity contribution in [2.24, 2.45) is 0 Å². The second kappa shape index (κ2) is 6.15. The van der Waals surface area contributed by atoms with Crippen molar-refractivity contribution >= 4 is 34.8 Å². The topological polar surface area (TPSA) is 49.4 Å². The van der Waals surface area contributed by atoms with Gasteiger partial charge >= 0.3 is 0 Å². The number of anilines is 2. The number of amides is 2. The first kappa shape index (κ1) is 17.4. The zero-order chi connectivity index (χ0) is 18.4. The van der Waals surface area contributed by atoms with Crippen LogP contribution in [0.2, 0.25) is 5.02 Å². The fraction of sp³-hybridized carbons (Fsp3) is 0.263. The summed E-state index contributed by atoms with van der Waals surface area (Å²) in [6, 6.07) is 9.34. The first-order valence-corrected chi connectivity index (χ1v) is 8.26. The third-order valence-electron chi connectivity index (χ3n) is 4.47. The Kier molecular flexibility index (Phi) is 4.29. The summed E-state index contributed by atoms with van der Waals surface area (Å²) in [5.41, 5.74) is 1.88. The predicted molar refractivity (Wildman–Crippen MR) is 96.6 cm³/mol. The van der Waals surface area contributed by atoms with Crippen LogP contribution in [0, 0.1) is 12.7 Å². The van der Waals surface area contributed by atoms with E-state index in [0.717, 1.165) is 5.56 Å². The number of rotatable bonds is 3. The van der Waals surface area contributed by atoms with Crippen LogP contribution in [0.4, 0.5) is 15.8 Å². The van der Waals surface area contributed by atoms with Gasteiger partial charge < -0.3 is 10.2 Å². The fourth-order valence-corrected chi connectivity index (χ4v) is 3.24. The standard InChI is InChI=1S/C19H18ClFN2O2/c1-11-8-13(21)5-6-15(11)22-17(24)10-23-16-7-4-12(20)9-14(16)19(2,3)18(23)25/h4-9H,10H2,1-3H3,(H,22,24). The number of hydrogen-bond donors (Lipinski definition) is 1. The molecule has 0 unspecified atom stereocenters. The maximum atomic E-state index is 13.2. The second-order valence-corrected chi connectivity index (χ2v) is 7.12. The van der Waals surface area contributed by atoms with Gasteiger partial charge in [-0.25, -0.2) is 4.39 Å². The Hall–Kier alpha value is -2.40. The first-order valence-electron chi connectivity index (χ1n) is 7.88. The van der Waals surface area contributed by atoms with Gasteiger partial charge in [0.25, 0.3) is 0 Å². The van der Waals surface area contributed by atoms with Gasteiger partial charge in [0.1, 0.15) is 12.4 Å². The maximum Gasteiger partial charge on any atom is 0.244 e. The molecule has 2 amide bonds. The minimum atomic E-state index is -0.744. The predicted octanol–water partition coefficient (Wildman–Crippen LogP) is 4.05. The van der Waals surface area contributed by atoms with Crippen molar-refractivity contribution in [3.05, 3.63) is 58.4 Å². The van der Waals surface area contributed by atoms with Gasteiger partial charge in [-0.1, -0.05) is 11.6 Å². The van der Waals surface area contributed by atoms with Crippen LogP contribution in [0.5, 0.6) is 0 Å². The number of fused-ring (bicyclic) bond motifs is 1. The SMILES string of the molecule is Cc1cc(F)ccc1NC(=O)CN1C(=O)C(C)(C)c2cc(Cl)ccc21. The van der Waals surface area contributed by atoms with Gasteiger partial charge in [-0.3, -0.25) is 9.59 Å². The van der Waals surface area contributed by atoms with Gasteiger partial charge in [0.2, 0.25) is 11.8 Å². The van der Waals surface area contributed by atoms with Gasteiger partial charge in [0, 0.05) is 16.4 Å². The molecule has 1 heterocycles. The number of benzene rings is 2. The highest BCUT2D eigenvalue weighted by atomic mass is 35.5. The van der Waals surface area contributed by atoms with E-state index in [0.29, 0.717) is 22.0 Å². The van der Waals surface area contributed by atoms with E-state index in [-0.39, 0.29) is 24.2 Å². The Labute approximate surface area is 150 Å². The van der Waals surface area contributed by atoms with Crippen LogP contribution in [-0.2, 0) is 15.0 Å². The normalized spacial score (nSPS) is 15.2. The van der Waals surface area contributed by atoms with Crippen molar-refractivity contribution in [1.82, 2.24) is 0 Å². The average Bonchev–Trinajstić information content (AvgIpc) is 2.71. The number of nitrogens with one attached hydrogen (secondary N) is 1. The summed E-state index contributed by atoms with van der Waals surface area (Å²) in [4.78, 5) is 26.6. The minimum absolute atomic E-state index is 0.117. The van der Waals surface area contributed by atoms with Crippen molar-refractivity contribution in [1.29, 1.82) is 0 Å². The molecule has 3 rings (SSSR count). The van der Waals surface area contributed by atoms with Crippen LogP contribution in [0.3, 0.4) is 0 Å². The number of halogens is 2. The Balaban J connectivity index is 1.83. The fourth-order valence-electron chi connectivity index (χ4n) is 3.06. The lowest BCUT2D eigenvalue weighted by molar-refractivity contribution is -0.124. The van der Waals surface area contributed by atoms with E-state index in [1.54, 1.807) is 25.1 Å². The van der Waals surface area contributed by atoms with Gasteiger partial charge in [-0.05, 0) is 68.3 Å². The van der Waals surface area contributed by atoms with Crippen LogP contribution >= 0.6 is 11.6 Å². The monoisotopic (exact) mass is 360 g/mol. The molecular weight excluding hydrogens is 343 g/mol. The number of nitrogens with zero attached hydrogens (tertiary/aromatic N) is 1. The smallest absolute Gasteiger partial charge is 0.244 e. The third kappa shape index (κ3) is 3.12. The third-order valence-corrected chi connectivity index (χ3v) is 4.70. The van der Waals surface area contributed by atoms with E-state index in [2.05, 4.69) is 5.32 Å². The second-order valence-electron chi connectivity index (χ2n) is 6.69. The Bertz CT molecular complexity index is 880. The summed E-state index contributed by atoms with van der Waals surface area (Å²) >= 11 is 6.05. The molecule has 1 aliphatic rings. The van der Waals surface area contributed by atoms with Gasteiger partial charge in [-0.2, -0.15) is 0 Å². The quantitative estimate of drug-likeness (QED) is 0.897. The van der Waals surface area contributed by atoms with Gasteiger partial charge in [0.15, 0.2) is 0 Å². The lowest BCUT2D eigenvalue weighted by Gasteiger charge is -2.20. The summed E-state index contributed by atoms with van der Waals surface area (Å²) in [5.74, 6) is -0.866. The molecule has 2 aromatic carbocycles. The summed E-state index contributed by atoms with van der Waals surface area (Å²) in [7, 11) is 0. The van der Waals surface area contributed by atoms with Gasteiger partial charge in [0.05, 0.1) is 5.41 Å². The lowest BCUT2D eigenvalue weighted by atomic mass is 9.86. The number of carbonyl (C=O) groups excluding carboxylic acids is 2. The molecule has 4 nitrogen and oxygen atoms in total. The van der Waals surface area contributed by atoms with Crippen LogP contribution < -0.4 is 10.2 Å². The van der Waals surface area contributed by atoms with Crippen molar-refractivity contribution in [2.75, 3.05) is 16.8 Å². The largest absolute Gasteiger partial charge is 0.324 e. The zero-order valence-corrected chi connectivity index (χ0v) is 14.9. The minimum Gasteiger partial charge on any atom is -0.324 e. The highest BCUT2D eigenvalue weighted by Gasteiger charge is 2.44. The van der Waals surface area contributed by atoms with Crippen molar-refractivity contribution < 1.29 is 14.0 Å². The Morgan fingerprint density at radius 1 is 1.24 bits per heavy atom. The van der Waals surface area contributed by atoms with E-state index in [4.69, 9.17) is 11.6 Å². The van der Waals surface area contributed by atoms with Crippen LogP contribution in [0.15, 0.2) is 36.4 Å². The van der Waals surface area contributed by atoms with E-state index >= 15 is 0 Å². The molecule has 0 aromatic heterocycles. The number of hydrogen-bond acceptors (Lipinski definition) is 2. The van der Waals surface area contributed by atoms with Crippen LogP contribution in [0.25, 0.3) is 0 Å². The van der Waals surface area contributed by atoms with Crippen molar-refractivity contribution in [3.63, 3.8) is 0 Å². The molecule has 25 heavy (non-hydrogen) atoms. The molecule has 0 atom stereocenters. The van der Waals surface area contributed by atoms with Gasteiger partial charge in [-0.15, -0.1) is 0 Å². The Morgan fingerprint density at radius 2 is 1.96 bits per heavy atom. The first-order chi connectivity index (χ1) is 11.7. The molecule has 0 saturated carbocycles. The Morgan fingerprint density at radius 3 is 2.64 bits per heavy atom. The molecule has 0 aliphatic carbocycles. The number of carbonyl (C=O) groups is 2. The van der Waals surface area contributed by atoms with Crippen LogP contribution in [0.1, 0.15) is 25.0 Å². The van der Waals surface area contributed by atoms with E-state index in [1.165, 1.54) is 23.1 Å². The molecule has 2 aromatic rings. The maximum absolute atomic E-state index is 13.2. The highest BCUT2D eigenvalue weighted by molar-refractivity contribution is 6.31. The molecular formula is C19H18ClFN2O2. The zero-order valence-electron chi connectivity index (χ0n) is 14.2. The summed E-state index contributed by atoms with van der Waals surface area (Å²) in [6.45, 7) is 5.22. The molecule has 6 heteroatoms. The number of aryl methyl sites for hydroxylation is 1. The molecule has 1 N–H and O–H groups in total. The van der Waals surface area contributed by atoms with Crippen molar-refractivity contribution in [2.45, 2.75) is 26.2 Å². The molecule has 0 radical (unpaired) electrons. The van der Waals surface area contributed by atoms with Crippen molar-refractivity contribution in [3.8, 4) is 0 Å². The van der Waals surface area contributed by atoms with Crippen LogP contribution in [-0.4, -0.2) is 18.4 Å². The summed E-state index contributed by atoms with van der Waals surface area (Å²) in [6.07, 6.45) is 0. The lowest BCUT2D eigenvalue weighted by Crippen LogP contribution is -2.40. The molecule has 130 valence electrons. The molecule has 0 spiro atoms. The summed E-state index contributed by atoms with van der Waals surface area (Å²) < 4.78 is 13.2. The highest BCUT2D eigenvalue weighted by Crippen LogP contribution is 2.42. The van der Waals surface area contributed by atoms with E-state index in [9.17, 15) is 14.0 Å². The van der Waals surface area contributed by atoms with E-state index in [1.807, 2.05) is 13.8 Å². The average molecular weight is 361 g/mol.